The zero-order valence-electron chi connectivity index (χ0n) is 9.78. The Kier molecular flexibility index (Phi) is 5.29. The molecule has 1 aliphatic carbocycles. The molecule has 1 aromatic heterocycles. The first-order valence-corrected chi connectivity index (χ1v) is 7.44. The summed E-state index contributed by atoms with van der Waals surface area (Å²) in [6.45, 7) is 1.13. The standard InChI is InChI=1S/C13H21NOS/c1-2-5-12(6-3-1)14-8-10-16-11-13-7-4-9-15-13/h4,7,9,12,14H,1-3,5-6,8,10-11H2. The SMILES string of the molecule is c1coc(CSCCNC2CCCCC2)c1. The van der Waals surface area contributed by atoms with Crippen molar-refractivity contribution in [3.8, 4) is 0 Å². The summed E-state index contributed by atoms with van der Waals surface area (Å²) in [5, 5.41) is 3.65. The molecule has 1 N–H and O–H groups in total. The van der Waals surface area contributed by atoms with Gasteiger partial charge in [0, 0.05) is 18.3 Å². The zero-order valence-corrected chi connectivity index (χ0v) is 10.6. The van der Waals surface area contributed by atoms with Crippen LogP contribution in [0.4, 0.5) is 0 Å². The largest absolute Gasteiger partial charge is 0.468 e. The van der Waals surface area contributed by atoms with Crippen molar-refractivity contribution in [1.82, 2.24) is 5.32 Å². The molecule has 0 spiro atoms. The molecule has 0 bridgehead atoms. The third-order valence-electron chi connectivity index (χ3n) is 3.11. The van der Waals surface area contributed by atoms with Crippen molar-refractivity contribution in [2.45, 2.75) is 43.9 Å². The molecule has 1 aliphatic rings. The van der Waals surface area contributed by atoms with Gasteiger partial charge in [-0.15, -0.1) is 0 Å². The highest BCUT2D eigenvalue weighted by molar-refractivity contribution is 7.98. The highest BCUT2D eigenvalue weighted by Gasteiger charge is 2.11. The van der Waals surface area contributed by atoms with Gasteiger partial charge in [0.1, 0.15) is 5.76 Å². The number of nitrogens with one attached hydrogen (secondary N) is 1. The lowest BCUT2D eigenvalue weighted by Crippen LogP contribution is -2.32. The number of hydrogen-bond acceptors (Lipinski definition) is 3. The van der Waals surface area contributed by atoms with Crippen LogP contribution in [-0.4, -0.2) is 18.3 Å². The molecular weight excluding hydrogens is 218 g/mol. The van der Waals surface area contributed by atoms with Crippen LogP contribution in [0.2, 0.25) is 0 Å². The zero-order chi connectivity index (χ0) is 11.1. The first-order valence-electron chi connectivity index (χ1n) is 6.28. The third-order valence-corrected chi connectivity index (χ3v) is 4.09. The summed E-state index contributed by atoms with van der Waals surface area (Å²) in [4.78, 5) is 0. The van der Waals surface area contributed by atoms with Crippen LogP contribution in [0, 0.1) is 0 Å². The molecule has 0 atom stereocenters. The minimum absolute atomic E-state index is 0.790. The normalized spacial score (nSPS) is 17.8. The molecule has 0 amide bonds. The predicted molar refractivity (Wildman–Crippen MR) is 69.7 cm³/mol. The smallest absolute Gasteiger partial charge is 0.113 e. The van der Waals surface area contributed by atoms with Crippen molar-refractivity contribution in [3.63, 3.8) is 0 Å². The Balaban J connectivity index is 1.48. The molecule has 1 heterocycles. The fraction of sp³-hybridized carbons (Fsp3) is 0.692. The molecule has 3 heteroatoms. The molecular formula is C13H21NOS. The van der Waals surface area contributed by atoms with Gasteiger partial charge in [0.25, 0.3) is 0 Å². The summed E-state index contributed by atoms with van der Waals surface area (Å²) < 4.78 is 5.29. The van der Waals surface area contributed by atoms with E-state index in [-0.39, 0.29) is 0 Å². The number of furan rings is 1. The van der Waals surface area contributed by atoms with Crippen molar-refractivity contribution in [3.05, 3.63) is 24.2 Å². The van der Waals surface area contributed by atoms with E-state index in [1.165, 1.54) is 37.9 Å². The molecule has 0 aliphatic heterocycles. The summed E-state index contributed by atoms with van der Waals surface area (Å²) in [5.74, 6) is 3.26. The quantitative estimate of drug-likeness (QED) is 0.770. The third kappa shape index (κ3) is 4.22. The van der Waals surface area contributed by atoms with Crippen molar-refractivity contribution in [1.29, 1.82) is 0 Å². The van der Waals surface area contributed by atoms with Gasteiger partial charge in [0.15, 0.2) is 0 Å². The first kappa shape index (κ1) is 12.1. The molecule has 1 fully saturated rings. The highest BCUT2D eigenvalue weighted by atomic mass is 32.2. The van der Waals surface area contributed by atoms with Gasteiger partial charge in [-0.05, 0) is 25.0 Å². The lowest BCUT2D eigenvalue weighted by Gasteiger charge is -2.22. The lowest BCUT2D eigenvalue weighted by atomic mass is 9.96. The number of thioether (sulfide) groups is 1. The fourth-order valence-corrected chi connectivity index (χ4v) is 2.98. The van der Waals surface area contributed by atoms with Crippen LogP contribution in [0.1, 0.15) is 37.9 Å². The molecule has 0 radical (unpaired) electrons. The number of hydrogen-bond donors (Lipinski definition) is 1. The van der Waals surface area contributed by atoms with E-state index in [2.05, 4.69) is 5.32 Å². The Hall–Kier alpha value is -0.410. The predicted octanol–water partition coefficient (Wildman–Crippen LogP) is 3.44. The average Bonchev–Trinajstić information content (AvgIpc) is 2.83. The summed E-state index contributed by atoms with van der Waals surface area (Å²) >= 11 is 1.94. The molecule has 0 unspecified atom stereocenters. The van der Waals surface area contributed by atoms with E-state index in [1.54, 1.807) is 6.26 Å². The van der Waals surface area contributed by atoms with Crippen molar-refractivity contribution >= 4 is 11.8 Å². The summed E-state index contributed by atoms with van der Waals surface area (Å²) in [6.07, 6.45) is 8.77. The minimum Gasteiger partial charge on any atom is -0.468 e. The summed E-state index contributed by atoms with van der Waals surface area (Å²) in [7, 11) is 0. The van der Waals surface area contributed by atoms with Crippen LogP contribution in [0.25, 0.3) is 0 Å². The molecule has 16 heavy (non-hydrogen) atoms. The van der Waals surface area contributed by atoms with Gasteiger partial charge in [-0.25, -0.2) is 0 Å². The lowest BCUT2D eigenvalue weighted by molar-refractivity contribution is 0.381. The molecule has 1 saturated carbocycles. The maximum absolute atomic E-state index is 5.29. The second-order valence-electron chi connectivity index (χ2n) is 4.42. The van der Waals surface area contributed by atoms with Gasteiger partial charge in [0.2, 0.25) is 0 Å². The van der Waals surface area contributed by atoms with Gasteiger partial charge in [0.05, 0.1) is 12.0 Å². The van der Waals surface area contributed by atoms with Crippen LogP contribution in [0.3, 0.4) is 0 Å². The molecule has 90 valence electrons. The van der Waals surface area contributed by atoms with Crippen molar-refractivity contribution in [2.24, 2.45) is 0 Å². The topological polar surface area (TPSA) is 25.2 Å². The van der Waals surface area contributed by atoms with Crippen LogP contribution in [-0.2, 0) is 5.75 Å². The van der Waals surface area contributed by atoms with Crippen molar-refractivity contribution < 1.29 is 4.42 Å². The molecule has 2 nitrogen and oxygen atoms in total. The summed E-state index contributed by atoms with van der Waals surface area (Å²) in [5.41, 5.74) is 0. The summed E-state index contributed by atoms with van der Waals surface area (Å²) in [6, 6.07) is 4.79. The highest BCUT2D eigenvalue weighted by Crippen LogP contribution is 2.17. The molecule has 2 rings (SSSR count). The monoisotopic (exact) mass is 239 g/mol. The molecule has 0 aromatic carbocycles. The van der Waals surface area contributed by atoms with Crippen LogP contribution in [0.15, 0.2) is 22.8 Å². The average molecular weight is 239 g/mol. The minimum atomic E-state index is 0.790. The Morgan fingerprint density at radius 1 is 1.31 bits per heavy atom. The van der Waals surface area contributed by atoms with E-state index in [4.69, 9.17) is 4.42 Å². The Labute approximate surface area is 102 Å². The Morgan fingerprint density at radius 3 is 2.94 bits per heavy atom. The van der Waals surface area contributed by atoms with Gasteiger partial charge >= 0.3 is 0 Å². The van der Waals surface area contributed by atoms with Crippen LogP contribution >= 0.6 is 11.8 Å². The molecule has 1 aromatic rings. The van der Waals surface area contributed by atoms with Gasteiger partial charge in [-0.2, -0.15) is 11.8 Å². The van der Waals surface area contributed by atoms with E-state index in [9.17, 15) is 0 Å². The fourth-order valence-electron chi connectivity index (χ4n) is 2.21. The maximum Gasteiger partial charge on any atom is 0.113 e. The van der Waals surface area contributed by atoms with Gasteiger partial charge in [-0.1, -0.05) is 19.3 Å². The van der Waals surface area contributed by atoms with Crippen LogP contribution < -0.4 is 5.32 Å². The van der Waals surface area contributed by atoms with Gasteiger partial charge < -0.3 is 9.73 Å². The van der Waals surface area contributed by atoms with Crippen LogP contribution in [0.5, 0.6) is 0 Å². The van der Waals surface area contributed by atoms with E-state index in [0.29, 0.717) is 0 Å². The Morgan fingerprint density at radius 2 is 2.19 bits per heavy atom. The maximum atomic E-state index is 5.29. The Bertz CT molecular complexity index is 267. The van der Waals surface area contributed by atoms with E-state index in [0.717, 1.165) is 24.1 Å². The van der Waals surface area contributed by atoms with E-state index >= 15 is 0 Å². The molecule has 0 saturated heterocycles. The second-order valence-corrected chi connectivity index (χ2v) is 5.53. The van der Waals surface area contributed by atoms with Gasteiger partial charge in [-0.3, -0.25) is 0 Å². The second kappa shape index (κ2) is 7.02. The number of rotatable bonds is 6. The van der Waals surface area contributed by atoms with Crippen molar-refractivity contribution in [2.75, 3.05) is 12.3 Å². The van der Waals surface area contributed by atoms with E-state index in [1.807, 2.05) is 23.9 Å². The van der Waals surface area contributed by atoms with E-state index < -0.39 is 0 Å². The first-order chi connectivity index (χ1) is 7.95.